The van der Waals surface area contributed by atoms with E-state index in [1.807, 2.05) is 32.0 Å². The van der Waals surface area contributed by atoms with Crippen molar-refractivity contribution in [1.82, 2.24) is 0 Å². The molecule has 6 heteroatoms. The molecule has 0 saturated heterocycles. The highest BCUT2D eigenvalue weighted by Crippen LogP contribution is 2.19. The minimum atomic E-state index is -0.493. The standard InChI is InChI=1S/C17H19N3O3/c1-11-7-8-16(12(2)9-11)18-13(3)17(21)19-14-5-4-6-15(10-14)20(22)23/h4-10,13,18H,1-3H3,(H,19,21). The molecule has 1 atom stereocenters. The monoisotopic (exact) mass is 313 g/mol. The van der Waals surface area contributed by atoms with Crippen LogP contribution in [-0.2, 0) is 4.79 Å². The molecule has 0 radical (unpaired) electrons. The van der Waals surface area contributed by atoms with E-state index in [-0.39, 0.29) is 11.6 Å². The second kappa shape index (κ2) is 6.91. The number of anilines is 2. The maximum atomic E-state index is 12.2. The van der Waals surface area contributed by atoms with Crippen LogP contribution in [0.2, 0.25) is 0 Å². The zero-order valence-electron chi connectivity index (χ0n) is 13.3. The lowest BCUT2D eigenvalue weighted by molar-refractivity contribution is -0.384. The minimum Gasteiger partial charge on any atom is -0.374 e. The average molecular weight is 313 g/mol. The van der Waals surface area contributed by atoms with Crippen molar-refractivity contribution < 1.29 is 9.72 Å². The molecule has 2 N–H and O–H groups in total. The fourth-order valence-corrected chi connectivity index (χ4v) is 2.22. The van der Waals surface area contributed by atoms with E-state index < -0.39 is 11.0 Å². The van der Waals surface area contributed by atoms with Crippen LogP contribution >= 0.6 is 0 Å². The molecule has 2 rings (SSSR count). The molecule has 0 spiro atoms. The van der Waals surface area contributed by atoms with E-state index in [1.165, 1.54) is 18.2 Å². The lowest BCUT2D eigenvalue weighted by atomic mass is 10.1. The lowest BCUT2D eigenvalue weighted by Crippen LogP contribution is -2.32. The maximum absolute atomic E-state index is 12.2. The molecule has 6 nitrogen and oxygen atoms in total. The first-order valence-electron chi connectivity index (χ1n) is 7.26. The summed E-state index contributed by atoms with van der Waals surface area (Å²) in [4.78, 5) is 22.5. The molecule has 1 unspecified atom stereocenters. The van der Waals surface area contributed by atoms with Gasteiger partial charge >= 0.3 is 0 Å². The van der Waals surface area contributed by atoms with E-state index in [9.17, 15) is 14.9 Å². The highest BCUT2D eigenvalue weighted by Gasteiger charge is 2.15. The topological polar surface area (TPSA) is 84.3 Å². The molecule has 23 heavy (non-hydrogen) atoms. The van der Waals surface area contributed by atoms with Gasteiger partial charge in [-0.05, 0) is 38.5 Å². The molecule has 0 bridgehead atoms. The summed E-state index contributed by atoms with van der Waals surface area (Å²) in [5.41, 5.74) is 3.44. The summed E-state index contributed by atoms with van der Waals surface area (Å²) in [5.74, 6) is -0.259. The number of nitro groups is 1. The van der Waals surface area contributed by atoms with Crippen LogP contribution in [0.15, 0.2) is 42.5 Å². The third-order valence-electron chi connectivity index (χ3n) is 3.47. The summed E-state index contributed by atoms with van der Waals surface area (Å²) in [6, 6.07) is 11.3. The summed E-state index contributed by atoms with van der Waals surface area (Å²) in [7, 11) is 0. The first kappa shape index (κ1) is 16.5. The zero-order valence-corrected chi connectivity index (χ0v) is 13.3. The Balaban J connectivity index is 2.05. The third-order valence-corrected chi connectivity index (χ3v) is 3.47. The minimum absolute atomic E-state index is 0.0576. The average Bonchev–Trinajstić information content (AvgIpc) is 2.50. The first-order valence-corrected chi connectivity index (χ1v) is 7.26. The highest BCUT2D eigenvalue weighted by atomic mass is 16.6. The Hall–Kier alpha value is -2.89. The SMILES string of the molecule is Cc1ccc(NC(C)C(=O)Nc2cccc([N+](=O)[O-])c2)c(C)c1. The van der Waals surface area contributed by atoms with Gasteiger partial charge in [-0.25, -0.2) is 0 Å². The van der Waals surface area contributed by atoms with E-state index in [4.69, 9.17) is 0 Å². The number of hydrogen-bond donors (Lipinski definition) is 2. The molecular weight excluding hydrogens is 294 g/mol. The number of carbonyl (C=O) groups is 1. The van der Waals surface area contributed by atoms with Gasteiger partial charge < -0.3 is 10.6 Å². The Labute approximate surface area is 134 Å². The fraction of sp³-hybridized carbons (Fsp3) is 0.235. The number of nitrogens with one attached hydrogen (secondary N) is 2. The van der Waals surface area contributed by atoms with Crippen molar-refractivity contribution >= 4 is 23.0 Å². The Morgan fingerprint density at radius 1 is 1.17 bits per heavy atom. The Bertz CT molecular complexity index is 744. The summed E-state index contributed by atoms with van der Waals surface area (Å²) in [5, 5.41) is 16.6. The van der Waals surface area contributed by atoms with E-state index >= 15 is 0 Å². The Morgan fingerprint density at radius 2 is 1.91 bits per heavy atom. The second-order valence-electron chi connectivity index (χ2n) is 5.48. The summed E-state index contributed by atoms with van der Waals surface area (Å²) in [6.07, 6.45) is 0. The highest BCUT2D eigenvalue weighted by molar-refractivity contribution is 5.96. The van der Waals surface area contributed by atoms with Gasteiger partial charge in [0, 0.05) is 23.5 Å². The van der Waals surface area contributed by atoms with Gasteiger partial charge in [0.1, 0.15) is 6.04 Å². The smallest absolute Gasteiger partial charge is 0.271 e. The molecule has 0 heterocycles. The molecule has 0 aliphatic carbocycles. The van der Waals surface area contributed by atoms with E-state index in [1.54, 1.807) is 13.0 Å². The van der Waals surface area contributed by atoms with Gasteiger partial charge in [-0.2, -0.15) is 0 Å². The lowest BCUT2D eigenvalue weighted by Gasteiger charge is -2.17. The largest absolute Gasteiger partial charge is 0.374 e. The van der Waals surface area contributed by atoms with Crippen molar-refractivity contribution in [2.45, 2.75) is 26.8 Å². The molecule has 0 aromatic heterocycles. The molecule has 1 amide bonds. The van der Waals surface area contributed by atoms with Crippen LogP contribution in [0.1, 0.15) is 18.1 Å². The van der Waals surface area contributed by atoms with Crippen LogP contribution in [0.25, 0.3) is 0 Å². The molecule has 2 aromatic rings. The predicted octanol–water partition coefficient (Wildman–Crippen LogP) is 3.65. The first-order chi connectivity index (χ1) is 10.9. The van der Waals surface area contributed by atoms with Gasteiger partial charge in [-0.3, -0.25) is 14.9 Å². The maximum Gasteiger partial charge on any atom is 0.271 e. The van der Waals surface area contributed by atoms with Crippen LogP contribution < -0.4 is 10.6 Å². The van der Waals surface area contributed by atoms with Gasteiger partial charge in [0.15, 0.2) is 0 Å². The van der Waals surface area contributed by atoms with Crippen molar-refractivity contribution in [3.05, 3.63) is 63.7 Å². The van der Waals surface area contributed by atoms with Crippen LogP contribution in [0.5, 0.6) is 0 Å². The number of nitrogens with zero attached hydrogens (tertiary/aromatic N) is 1. The van der Waals surface area contributed by atoms with Gasteiger partial charge in [-0.15, -0.1) is 0 Å². The van der Waals surface area contributed by atoms with Crippen LogP contribution in [0.3, 0.4) is 0 Å². The van der Waals surface area contributed by atoms with Crippen molar-refractivity contribution in [3.8, 4) is 0 Å². The second-order valence-corrected chi connectivity index (χ2v) is 5.48. The number of nitro benzene ring substituents is 1. The number of rotatable bonds is 5. The normalized spacial score (nSPS) is 11.6. The third kappa shape index (κ3) is 4.29. The van der Waals surface area contributed by atoms with Crippen LogP contribution in [-0.4, -0.2) is 16.9 Å². The number of aryl methyl sites for hydroxylation is 2. The Morgan fingerprint density at radius 3 is 2.57 bits per heavy atom. The summed E-state index contributed by atoms with van der Waals surface area (Å²) >= 11 is 0. The Kier molecular flexibility index (Phi) is 4.95. The van der Waals surface area contributed by atoms with Gasteiger partial charge in [0.05, 0.1) is 4.92 Å². The van der Waals surface area contributed by atoms with Crippen LogP contribution in [0.4, 0.5) is 17.1 Å². The molecule has 0 aliphatic rings. The summed E-state index contributed by atoms with van der Waals surface area (Å²) in [6.45, 7) is 5.72. The molecule has 2 aromatic carbocycles. The van der Waals surface area contributed by atoms with Crippen molar-refractivity contribution in [2.75, 3.05) is 10.6 Å². The number of amides is 1. The number of carbonyl (C=O) groups excluding carboxylic acids is 1. The number of benzene rings is 2. The molecule has 0 aliphatic heterocycles. The van der Waals surface area contributed by atoms with Gasteiger partial charge in [-0.1, -0.05) is 23.8 Å². The van der Waals surface area contributed by atoms with E-state index in [0.717, 1.165) is 16.8 Å². The van der Waals surface area contributed by atoms with Crippen LogP contribution in [0, 0.1) is 24.0 Å². The fourth-order valence-electron chi connectivity index (χ4n) is 2.22. The quantitative estimate of drug-likeness (QED) is 0.652. The number of hydrogen-bond acceptors (Lipinski definition) is 4. The zero-order chi connectivity index (χ0) is 17.0. The predicted molar refractivity (Wildman–Crippen MR) is 90.7 cm³/mol. The van der Waals surface area contributed by atoms with Gasteiger partial charge in [0.2, 0.25) is 5.91 Å². The van der Waals surface area contributed by atoms with Crippen molar-refractivity contribution in [1.29, 1.82) is 0 Å². The van der Waals surface area contributed by atoms with E-state index in [2.05, 4.69) is 10.6 Å². The van der Waals surface area contributed by atoms with Crippen molar-refractivity contribution in [2.24, 2.45) is 0 Å². The van der Waals surface area contributed by atoms with Crippen molar-refractivity contribution in [3.63, 3.8) is 0 Å². The molecule has 120 valence electrons. The van der Waals surface area contributed by atoms with Gasteiger partial charge in [0.25, 0.3) is 5.69 Å². The number of non-ortho nitro benzene ring substituents is 1. The summed E-state index contributed by atoms with van der Waals surface area (Å²) < 4.78 is 0. The molecule has 0 fully saturated rings. The molecule has 0 saturated carbocycles. The molecular formula is C17H19N3O3. The van der Waals surface area contributed by atoms with E-state index in [0.29, 0.717) is 5.69 Å².